The van der Waals surface area contributed by atoms with Gasteiger partial charge in [0, 0.05) is 28.2 Å². The highest BCUT2D eigenvalue weighted by atomic mass is 32.1. The van der Waals surface area contributed by atoms with Crippen molar-refractivity contribution in [3.05, 3.63) is 101 Å². The number of thiol groups is 3. The molecule has 59 heavy (non-hydrogen) atoms. The molecule has 0 N–H and O–H groups in total. The first-order valence-corrected chi connectivity index (χ1v) is 23.5. The number of hydrogen-bond donors (Lipinski definition) is 3. The highest BCUT2D eigenvalue weighted by molar-refractivity contribution is 7.81. The number of hydrogen-bond acceptors (Lipinski definition) is 8. The van der Waals surface area contributed by atoms with Gasteiger partial charge in [0.05, 0.1) is 18.6 Å². The third-order valence-electron chi connectivity index (χ3n) is 11.7. The van der Waals surface area contributed by atoms with Crippen LogP contribution in [0.15, 0.2) is 72.8 Å². The van der Waals surface area contributed by atoms with Gasteiger partial charge in [-0.05, 0) is 146 Å². The molecular weight excluding hydrogens is 796 g/mol. The number of carbonyl (C=O) groups is 2. The van der Waals surface area contributed by atoms with E-state index in [1.165, 1.54) is 38.5 Å². The van der Waals surface area contributed by atoms with Gasteiger partial charge in [-0.15, -0.1) is 0 Å². The minimum absolute atomic E-state index is 0.0896. The summed E-state index contributed by atoms with van der Waals surface area (Å²) in [7, 11) is 0. The number of halogens is 1. The van der Waals surface area contributed by atoms with Crippen LogP contribution in [0.5, 0.6) is 5.75 Å². The topological polar surface area (TPSA) is 61.8 Å². The molecule has 1 fully saturated rings. The smallest absolute Gasteiger partial charge is 0.333 e. The molecule has 322 valence electrons. The van der Waals surface area contributed by atoms with E-state index in [-0.39, 0.29) is 25.6 Å². The zero-order chi connectivity index (χ0) is 43.0. The lowest BCUT2D eigenvalue weighted by Crippen LogP contribution is -2.38. The fraction of sp³-hybridized carbons (Fsp3) is 0.520. The fourth-order valence-electron chi connectivity index (χ4n) is 7.93. The van der Waals surface area contributed by atoms with Gasteiger partial charge in [0.2, 0.25) is 0 Å². The predicted molar refractivity (Wildman–Crippen MR) is 253 cm³/mol. The quantitative estimate of drug-likeness (QED) is 0.0362. The van der Waals surface area contributed by atoms with E-state index in [2.05, 4.69) is 101 Å². The first-order valence-electron chi connectivity index (χ1n) is 21.6. The second-order valence-electron chi connectivity index (χ2n) is 16.6. The summed E-state index contributed by atoms with van der Waals surface area (Å²) < 4.78 is 33.8. The molecule has 0 spiro atoms. The molecule has 1 aliphatic rings. The Kier molecular flexibility index (Phi) is 20.0. The zero-order valence-corrected chi connectivity index (χ0v) is 38.6. The monoisotopic (exact) mass is 862 g/mol. The standard InChI is InChI=1S/C50H67FO5S3/c1-7-9-10-13-36-16-18-38(19-17-36)39-20-23-44(46(51)28-39)43-22-21-41(26-37(43)8-2)45-27-42(15-12-25-57)47(29-40(45)14-11-24-54-48(52)34(3)4)55-30-50(32-58,33-59)31-56-49(53)35(5)6/h20-23,26-29,36,38,57-59H,3,5,7-19,24-25,30-33H2,1-2,4,6H3. The third kappa shape index (κ3) is 13.9. The van der Waals surface area contributed by atoms with Crippen molar-refractivity contribution < 1.29 is 28.2 Å². The molecule has 0 radical (unpaired) electrons. The van der Waals surface area contributed by atoms with E-state index in [1.807, 2.05) is 6.07 Å². The Morgan fingerprint density at radius 2 is 1.42 bits per heavy atom. The molecule has 1 aliphatic carbocycles. The van der Waals surface area contributed by atoms with Gasteiger partial charge < -0.3 is 14.2 Å². The molecule has 3 aromatic rings. The van der Waals surface area contributed by atoms with Crippen LogP contribution in [0.3, 0.4) is 0 Å². The molecule has 0 saturated heterocycles. The molecule has 0 atom stereocenters. The third-order valence-corrected chi connectivity index (χ3v) is 13.4. The van der Waals surface area contributed by atoms with Crippen LogP contribution in [0.1, 0.15) is 120 Å². The van der Waals surface area contributed by atoms with Crippen LogP contribution in [0, 0.1) is 17.2 Å². The number of benzene rings is 3. The van der Waals surface area contributed by atoms with Crippen LogP contribution < -0.4 is 4.74 Å². The highest BCUT2D eigenvalue weighted by Crippen LogP contribution is 2.41. The van der Waals surface area contributed by atoms with Gasteiger partial charge in [0.25, 0.3) is 0 Å². The molecule has 0 aliphatic heterocycles. The average molecular weight is 863 g/mol. The van der Waals surface area contributed by atoms with Gasteiger partial charge >= 0.3 is 11.9 Å². The second kappa shape index (κ2) is 24.3. The van der Waals surface area contributed by atoms with Crippen LogP contribution in [-0.2, 0) is 38.3 Å². The predicted octanol–water partition coefficient (Wildman–Crippen LogP) is 12.8. The van der Waals surface area contributed by atoms with E-state index in [9.17, 15) is 9.59 Å². The molecule has 1 saturated carbocycles. The van der Waals surface area contributed by atoms with Crippen molar-refractivity contribution in [3.8, 4) is 28.0 Å². The van der Waals surface area contributed by atoms with E-state index in [0.29, 0.717) is 52.7 Å². The molecule has 3 aromatic carbocycles. The molecule has 0 bridgehead atoms. The Morgan fingerprint density at radius 3 is 2.05 bits per heavy atom. The van der Waals surface area contributed by atoms with Crippen molar-refractivity contribution >= 4 is 49.8 Å². The number of unbranched alkanes of at least 4 members (excludes halogenated alkanes) is 2. The maximum Gasteiger partial charge on any atom is 0.333 e. The SMILES string of the molecule is C=C(C)C(=O)OCCCc1cc(OCC(CS)(CS)COC(=O)C(=C)C)c(CCCS)cc1-c1ccc(-c2ccc(C3CCC(CCCCC)CC3)cc2F)c(CC)c1. The largest absolute Gasteiger partial charge is 0.493 e. The lowest BCUT2D eigenvalue weighted by Gasteiger charge is -2.30. The molecule has 0 heterocycles. The Balaban J connectivity index is 1.67. The summed E-state index contributed by atoms with van der Waals surface area (Å²) in [4.78, 5) is 24.5. The molecule has 0 unspecified atom stereocenters. The summed E-state index contributed by atoms with van der Waals surface area (Å²) in [5, 5.41) is 0. The van der Waals surface area contributed by atoms with Gasteiger partial charge in [0.15, 0.2) is 0 Å². The van der Waals surface area contributed by atoms with Gasteiger partial charge in [-0.3, -0.25) is 0 Å². The molecule has 9 heteroatoms. The number of ether oxygens (including phenoxy) is 3. The van der Waals surface area contributed by atoms with Crippen LogP contribution in [0.4, 0.5) is 4.39 Å². The zero-order valence-electron chi connectivity index (χ0n) is 35.9. The molecule has 0 aromatic heterocycles. The van der Waals surface area contributed by atoms with E-state index in [1.54, 1.807) is 19.9 Å². The first kappa shape index (κ1) is 48.5. The van der Waals surface area contributed by atoms with Gasteiger partial charge in [-0.2, -0.15) is 37.9 Å². The van der Waals surface area contributed by atoms with Crippen LogP contribution in [0.2, 0.25) is 0 Å². The lowest BCUT2D eigenvalue weighted by molar-refractivity contribution is -0.142. The Bertz CT molecular complexity index is 1880. The summed E-state index contributed by atoms with van der Waals surface area (Å²) in [6.07, 6.45) is 13.5. The van der Waals surface area contributed by atoms with E-state index >= 15 is 4.39 Å². The first-order chi connectivity index (χ1) is 28.4. The van der Waals surface area contributed by atoms with Crippen molar-refractivity contribution in [2.45, 2.75) is 117 Å². The maximum atomic E-state index is 16.1. The normalized spacial score (nSPS) is 15.5. The summed E-state index contributed by atoms with van der Waals surface area (Å²) in [6, 6.07) is 16.5. The van der Waals surface area contributed by atoms with Crippen LogP contribution in [-0.4, -0.2) is 49.0 Å². The Hall–Kier alpha value is -3.14. The van der Waals surface area contributed by atoms with Gasteiger partial charge in [0.1, 0.15) is 18.2 Å². The molecule has 4 rings (SSSR count). The molecule has 5 nitrogen and oxygen atoms in total. The summed E-state index contributed by atoms with van der Waals surface area (Å²) in [6.45, 7) is 15.6. The van der Waals surface area contributed by atoms with E-state index in [4.69, 9.17) is 14.2 Å². The van der Waals surface area contributed by atoms with Crippen molar-refractivity contribution in [3.63, 3.8) is 0 Å². The fourth-order valence-corrected chi connectivity index (χ4v) is 8.85. The van der Waals surface area contributed by atoms with Crippen LogP contribution >= 0.6 is 37.9 Å². The van der Waals surface area contributed by atoms with Crippen molar-refractivity contribution in [2.24, 2.45) is 11.3 Å². The summed E-state index contributed by atoms with van der Waals surface area (Å²) in [5.41, 5.74) is 7.90. The number of rotatable bonds is 24. The van der Waals surface area contributed by atoms with Crippen LogP contribution in [0.25, 0.3) is 22.3 Å². The minimum atomic E-state index is -0.638. The maximum absolute atomic E-state index is 16.1. The van der Waals surface area contributed by atoms with Crippen molar-refractivity contribution in [1.82, 2.24) is 0 Å². The number of esters is 2. The minimum Gasteiger partial charge on any atom is -0.493 e. The highest BCUT2D eigenvalue weighted by Gasteiger charge is 2.31. The average Bonchev–Trinajstić information content (AvgIpc) is 3.24. The van der Waals surface area contributed by atoms with E-state index < -0.39 is 17.4 Å². The molecular formula is C50H67FO5S3. The lowest BCUT2D eigenvalue weighted by atomic mass is 9.77. The second-order valence-corrected chi connectivity index (χ2v) is 17.7. The van der Waals surface area contributed by atoms with E-state index in [0.717, 1.165) is 82.7 Å². The molecule has 0 amide bonds. The summed E-state index contributed by atoms with van der Waals surface area (Å²) in [5.74, 6) is 2.41. The Labute approximate surface area is 370 Å². The van der Waals surface area contributed by atoms with Gasteiger partial charge in [-0.25, -0.2) is 14.0 Å². The number of aryl methyl sites for hydroxylation is 3. The van der Waals surface area contributed by atoms with Crippen molar-refractivity contribution in [2.75, 3.05) is 37.1 Å². The van der Waals surface area contributed by atoms with Crippen molar-refractivity contribution in [1.29, 1.82) is 0 Å². The van der Waals surface area contributed by atoms with Gasteiger partial charge in [-0.1, -0.05) is 83.0 Å². The summed E-state index contributed by atoms with van der Waals surface area (Å²) >= 11 is 13.8. The number of carbonyl (C=O) groups excluding carboxylic acids is 2. The Morgan fingerprint density at radius 1 is 0.746 bits per heavy atom.